The van der Waals surface area contributed by atoms with Crippen molar-refractivity contribution >= 4 is 15.8 Å². The fourth-order valence-electron chi connectivity index (χ4n) is 3.42. The summed E-state index contributed by atoms with van der Waals surface area (Å²) in [4.78, 5) is 27.7. The Morgan fingerprint density at radius 3 is 2.33 bits per heavy atom. The van der Waals surface area contributed by atoms with Crippen molar-refractivity contribution in [1.82, 2.24) is 13.9 Å². The van der Waals surface area contributed by atoms with Gasteiger partial charge in [-0.25, -0.2) is 17.5 Å². The summed E-state index contributed by atoms with van der Waals surface area (Å²) in [6.07, 6.45) is 2.03. The maximum Gasteiger partial charge on any atom is 0.330 e. The summed E-state index contributed by atoms with van der Waals surface area (Å²) in [6.45, 7) is 2.56. The number of aromatic amines is 1. The molecule has 146 valence electrons. The molecular formula is C18H24N4O4S. The minimum Gasteiger partial charge on any atom is -0.365 e. The average Bonchev–Trinajstić information content (AvgIpc) is 2.61. The van der Waals surface area contributed by atoms with Gasteiger partial charge in [-0.05, 0) is 25.3 Å². The van der Waals surface area contributed by atoms with Gasteiger partial charge in [-0.15, -0.1) is 0 Å². The van der Waals surface area contributed by atoms with Crippen molar-refractivity contribution in [3.63, 3.8) is 0 Å². The molecule has 1 aromatic heterocycles. The van der Waals surface area contributed by atoms with Gasteiger partial charge in [0.15, 0.2) is 0 Å². The predicted octanol–water partition coefficient (Wildman–Crippen LogP) is 1.31. The molecule has 2 heterocycles. The fraction of sp³-hybridized carbons (Fsp3) is 0.444. The molecule has 0 saturated carbocycles. The summed E-state index contributed by atoms with van der Waals surface area (Å²) in [5.41, 5.74) is 0.165. The van der Waals surface area contributed by atoms with Gasteiger partial charge in [-0.1, -0.05) is 30.3 Å². The second-order valence-electron chi connectivity index (χ2n) is 6.87. The minimum absolute atomic E-state index is 0.0740. The molecule has 27 heavy (non-hydrogen) atoms. The molecule has 1 saturated heterocycles. The Morgan fingerprint density at radius 2 is 1.78 bits per heavy atom. The summed E-state index contributed by atoms with van der Waals surface area (Å²) < 4.78 is 25.8. The van der Waals surface area contributed by atoms with Crippen LogP contribution in [0.25, 0.3) is 0 Å². The van der Waals surface area contributed by atoms with E-state index < -0.39 is 15.7 Å². The molecular weight excluding hydrogens is 368 g/mol. The van der Waals surface area contributed by atoms with Crippen molar-refractivity contribution in [2.75, 3.05) is 24.7 Å². The van der Waals surface area contributed by atoms with Crippen molar-refractivity contribution in [1.29, 1.82) is 0 Å². The number of sulfonamides is 1. The first-order valence-electron chi connectivity index (χ1n) is 8.88. The van der Waals surface area contributed by atoms with Crippen LogP contribution in [0.1, 0.15) is 37.4 Å². The number of H-pyrrole nitrogens is 1. The first-order valence-corrected chi connectivity index (χ1v) is 10.7. The Kier molecular flexibility index (Phi) is 5.52. The van der Waals surface area contributed by atoms with Crippen molar-refractivity contribution in [2.45, 2.75) is 31.8 Å². The molecule has 1 aliphatic rings. The van der Waals surface area contributed by atoms with Crippen molar-refractivity contribution < 1.29 is 8.42 Å². The zero-order valence-corrected chi connectivity index (χ0v) is 16.2. The van der Waals surface area contributed by atoms with E-state index in [0.29, 0.717) is 31.7 Å². The number of anilines is 1. The number of nitrogens with zero attached hydrogens (tertiary/aromatic N) is 2. The van der Waals surface area contributed by atoms with Gasteiger partial charge in [0.25, 0.3) is 5.56 Å². The largest absolute Gasteiger partial charge is 0.365 e. The Bertz CT molecular complexity index is 974. The molecule has 0 aliphatic carbocycles. The van der Waals surface area contributed by atoms with Crippen LogP contribution in [-0.4, -0.2) is 41.6 Å². The molecule has 2 aromatic rings. The predicted molar refractivity (Wildman–Crippen MR) is 104 cm³/mol. The highest BCUT2D eigenvalue weighted by Gasteiger charge is 2.27. The van der Waals surface area contributed by atoms with E-state index in [1.54, 1.807) is 0 Å². The highest BCUT2D eigenvalue weighted by molar-refractivity contribution is 7.88. The Labute approximate surface area is 157 Å². The zero-order valence-electron chi connectivity index (χ0n) is 15.4. The maximum absolute atomic E-state index is 12.5. The van der Waals surface area contributed by atoms with E-state index in [4.69, 9.17) is 0 Å². The highest BCUT2D eigenvalue weighted by atomic mass is 32.2. The summed E-state index contributed by atoms with van der Waals surface area (Å²) in [5, 5.41) is 3.14. The third-order valence-electron chi connectivity index (χ3n) is 4.89. The third kappa shape index (κ3) is 4.48. The Morgan fingerprint density at radius 1 is 1.15 bits per heavy atom. The molecule has 9 heteroatoms. The summed E-state index contributed by atoms with van der Waals surface area (Å²) >= 11 is 0. The standard InChI is InChI=1S/C18H24N4O4S/c1-13(14-6-4-3-5-7-14)19-16-12-17(23)22(18(24)20-16)15-8-10-21(11-9-15)27(2,25)26/h3-7,12-13,15,19H,8-11H2,1-2H3,(H,20,24). The van der Waals surface area contributed by atoms with E-state index in [1.807, 2.05) is 37.3 Å². The number of hydrogen-bond donors (Lipinski definition) is 2. The number of nitrogens with one attached hydrogen (secondary N) is 2. The van der Waals surface area contributed by atoms with Gasteiger partial charge in [-0.3, -0.25) is 14.3 Å². The molecule has 2 N–H and O–H groups in total. The molecule has 1 aromatic carbocycles. The zero-order chi connectivity index (χ0) is 19.6. The monoisotopic (exact) mass is 392 g/mol. The van der Waals surface area contributed by atoms with Gasteiger partial charge in [0.05, 0.1) is 6.26 Å². The van der Waals surface area contributed by atoms with Gasteiger partial charge < -0.3 is 5.32 Å². The minimum atomic E-state index is -3.25. The third-order valence-corrected chi connectivity index (χ3v) is 6.20. The molecule has 0 radical (unpaired) electrons. The van der Waals surface area contributed by atoms with Crippen molar-refractivity contribution in [2.24, 2.45) is 0 Å². The molecule has 0 amide bonds. The Balaban J connectivity index is 1.76. The van der Waals surface area contributed by atoms with E-state index in [0.717, 1.165) is 5.56 Å². The van der Waals surface area contributed by atoms with E-state index in [1.165, 1.54) is 21.2 Å². The van der Waals surface area contributed by atoms with Crippen LogP contribution in [-0.2, 0) is 10.0 Å². The van der Waals surface area contributed by atoms with Gasteiger partial charge in [0.2, 0.25) is 10.0 Å². The normalized spacial score (nSPS) is 17.6. The second-order valence-corrected chi connectivity index (χ2v) is 8.85. The van der Waals surface area contributed by atoms with Crippen LogP contribution in [0.2, 0.25) is 0 Å². The van der Waals surface area contributed by atoms with Gasteiger partial charge in [-0.2, -0.15) is 0 Å². The number of rotatable bonds is 5. The molecule has 1 atom stereocenters. The fourth-order valence-corrected chi connectivity index (χ4v) is 4.29. The molecule has 0 spiro atoms. The quantitative estimate of drug-likeness (QED) is 0.798. The molecule has 1 aliphatic heterocycles. The van der Waals surface area contributed by atoms with Gasteiger partial charge in [0.1, 0.15) is 5.82 Å². The van der Waals surface area contributed by atoms with Crippen LogP contribution < -0.4 is 16.6 Å². The SMILES string of the molecule is CC(Nc1cc(=O)n(C2CCN(S(C)(=O)=O)CC2)c(=O)[nH]1)c1ccccc1. The average molecular weight is 392 g/mol. The smallest absolute Gasteiger partial charge is 0.330 e. The summed E-state index contributed by atoms with van der Waals surface area (Å²) in [6, 6.07) is 10.7. The van der Waals surface area contributed by atoms with Gasteiger partial charge >= 0.3 is 5.69 Å². The molecule has 3 rings (SSSR count). The van der Waals surface area contributed by atoms with E-state index in [9.17, 15) is 18.0 Å². The maximum atomic E-state index is 12.5. The van der Waals surface area contributed by atoms with Gasteiger partial charge in [0, 0.05) is 31.2 Å². The van der Waals surface area contributed by atoms with Crippen molar-refractivity contribution in [3.8, 4) is 0 Å². The van der Waals surface area contributed by atoms with Crippen molar-refractivity contribution in [3.05, 3.63) is 62.8 Å². The first kappa shape index (κ1) is 19.4. The van der Waals surface area contributed by atoms with Crippen LogP contribution in [0.4, 0.5) is 5.82 Å². The number of aromatic nitrogens is 2. The van der Waals surface area contributed by atoms with E-state index >= 15 is 0 Å². The number of benzene rings is 1. The first-order chi connectivity index (χ1) is 12.8. The lowest BCUT2D eigenvalue weighted by Crippen LogP contribution is -2.44. The molecule has 0 bridgehead atoms. The second kappa shape index (κ2) is 7.69. The van der Waals surface area contributed by atoms with Crippen LogP contribution >= 0.6 is 0 Å². The lowest BCUT2D eigenvalue weighted by Gasteiger charge is -2.30. The summed E-state index contributed by atoms with van der Waals surface area (Å²) in [5.74, 6) is 0.367. The molecule has 1 unspecified atom stereocenters. The number of hydrogen-bond acceptors (Lipinski definition) is 5. The molecule has 8 nitrogen and oxygen atoms in total. The van der Waals surface area contributed by atoms with Crippen LogP contribution in [0.15, 0.2) is 46.0 Å². The van der Waals surface area contributed by atoms with E-state index in [-0.39, 0.29) is 17.6 Å². The molecule has 1 fully saturated rings. The Hall–Kier alpha value is -2.39. The summed E-state index contributed by atoms with van der Waals surface area (Å²) in [7, 11) is -3.25. The van der Waals surface area contributed by atoms with Crippen LogP contribution in [0.3, 0.4) is 0 Å². The van der Waals surface area contributed by atoms with E-state index in [2.05, 4.69) is 10.3 Å². The van der Waals surface area contributed by atoms with Crippen LogP contribution in [0.5, 0.6) is 0 Å². The lowest BCUT2D eigenvalue weighted by atomic mass is 10.1. The number of piperidine rings is 1. The van der Waals surface area contributed by atoms with Crippen LogP contribution in [0, 0.1) is 0 Å². The topological polar surface area (TPSA) is 104 Å². The highest BCUT2D eigenvalue weighted by Crippen LogP contribution is 2.22. The lowest BCUT2D eigenvalue weighted by molar-refractivity contribution is 0.266.